The van der Waals surface area contributed by atoms with E-state index >= 15 is 0 Å². The summed E-state index contributed by atoms with van der Waals surface area (Å²) in [5, 5.41) is 0. The van der Waals surface area contributed by atoms with Gasteiger partial charge >= 0.3 is 6.09 Å². The van der Waals surface area contributed by atoms with Gasteiger partial charge in [0.2, 0.25) is 5.91 Å². The van der Waals surface area contributed by atoms with Crippen molar-refractivity contribution in [1.82, 2.24) is 4.90 Å². The molecular formula is C23H33FN6O3. The molecule has 1 aliphatic carbocycles. The SMILES string of the molecule is NCC(N=CC(C(N)=O)C(N)=Nc1ccc(F)cc1)C1CCN(C(=O)OC2CCCC2)CC1. The van der Waals surface area contributed by atoms with E-state index in [0.29, 0.717) is 18.8 Å². The highest BCUT2D eigenvalue weighted by Gasteiger charge is 2.30. The average Bonchev–Trinajstić information content (AvgIpc) is 3.31. The number of nitrogens with zero attached hydrogens (tertiary/aromatic N) is 3. The second kappa shape index (κ2) is 11.7. The smallest absolute Gasteiger partial charge is 0.410 e. The summed E-state index contributed by atoms with van der Waals surface area (Å²) < 4.78 is 18.7. The highest BCUT2D eigenvalue weighted by Crippen LogP contribution is 2.25. The van der Waals surface area contributed by atoms with Gasteiger partial charge in [0.15, 0.2) is 0 Å². The van der Waals surface area contributed by atoms with Crippen LogP contribution in [0.25, 0.3) is 0 Å². The Morgan fingerprint density at radius 1 is 1.12 bits per heavy atom. The predicted octanol–water partition coefficient (Wildman–Crippen LogP) is 2.11. The van der Waals surface area contributed by atoms with Crippen LogP contribution in [0.15, 0.2) is 34.3 Å². The first-order valence-corrected chi connectivity index (χ1v) is 11.4. The minimum Gasteiger partial charge on any atom is -0.446 e. The Balaban J connectivity index is 1.57. The van der Waals surface area contributed by atoms with Crippen molar-refractivity contribution in [2.75, 3.05) is 19.6 Å². The first-order chi connectivity index (χ1) is 15.9. The fraction of sp³-hybridized carbons (Fsp3) is 0.565. The molecule has 3 rings (SSSR count). The minimum absolute atomic E-state index is 0.0295. The van der Waals surface area contributed by atoms with Gasteiger partial charge in [-0.05, 0) is 68.7 Å². The van der Waals surface area contributed by atoms with Crippen LogP contribution in [-0.4, -0.2) is 60.7 Å². The minimum atomic E-state index is -1.01. The highest BCUT2D eigenvalue weighted by atomic mass is 19.1. The van der Waals surface area contributed by atoms with Gasteiger partial charge in [0, 0.05) is 25.8 Å². The summed E-state index contributed by atoms with van der Waals surface area (Å²) >= 11 is 0. The number of aliphatic imine (C=N–C) groups is 2. The molecule has 1 aliphatic heterocycles. The van der Waals surface area contributed by atoms with E-state index in [1.165, 1.54) is 30.5 Å². The van der Waals surface area contributed by atoms with Crippen LogP contribution in [0.4, 0.5) is 14.9 Å². The molecule has 0 aromatic heterocycles. The number of benzene rings is 1. The summed E-state index contributed by atoms with van der Waals surface area (Å²) in [6.45, 7) is 1.44. The quantitative estimate of drug-likeness (QED) is 0.401. The third-order valence-corrected chi connectivity index (χ3v) is 6.29. The number of hydrogen-bond acceptors (Lipinski definition) is 6. The maximum absolute atomic E-state index is 13.1. The van der Waals surface area contributed by atoms with Crippen molar-refractivity contribution in [2.24, 2.45) is 39.0 Å². The molecule has 1 saturated carbocycles. The summed E-state index contributed by atoms with van der Waals surface area (Å²) in [5.41, 5.74) is 17.8. The van der Waals surface area contributed by atoms with Crippen LogP contribution in [0, 0.1) is 17.7 Å². The Morgan fingerprint density at radius 3 is 2.33 bits per heavy atom. The van der Waals surface area contributed by atoms with Crippen LogP contribution < -0.4 is 17.2 Å². The van der Waals surface area contributed by atoms with E-state index in [4.69, 9.17) is 21.9 Å². The summed E-state index contributed by atoms with van der Waals surface area (Å²) in [4.78, 5) is 34.7. The van der Waals surface area contributed by atoms with Gasteiger partial charge in [-0.15, -0.1) is 0 Å². The molecule has 0 radical (unpaired) electrons. The zero-order valence-electron chi connectivity index (χ0n) is 18.7. The molecule has 33 heavy (non-hydrogen) atoms. The molecule has 0 spiro atoms. The fourth-order valence-corrected chi connectivity index (χ4v) is 4.29. The summed E-state index contributed by atoms with van der Waals surface area (Å²) in [7, 11) is 0. The first kappa shape index (κ1) is 24.6. The number of amidine groups is 1. The van der Waals surface area contributed by atoms with Crippen LogP contribution in [0.3, 0.4) is 0 Å². The van der Waals surface area contributed by atoms with Crippen molar-refractivity contribution in [2.45, 2.75) is 50.7 Å². The largest absolute Gasteiger partial charge is 0.446 e. The predicted molar refractivity (Wildman–Crippen MR) is 125 cm³/mol. The molecule has 9 nitrogen and oxygen atoms in total. The maximum Gasteiger partial charge on any atom is 0.410 e. The van der Waals surface area contributed by atoms with Crippen molar-refractivity contribution >= 4 is 29.7 Å². The van der Waals surface area contributed by atoms with E-state index in [0.717, 1.165) is 38.5 Å². The zero-order valence-corrected chi connectivity index (χ0v) is 18.7. The molecule has 6 N–H and O–H groups in total. The Kier molecular flexibility index (Phi) is 8.76. The molecule has 2 amide bonds. The lowest BCUT2D eigenvalue weighted by atomic mass is 9.89. The number of carbonyl (C=O) groups is 2. The average molecular weight is 461 g/mol. The van der Waals surface area contributed by atoms with Gasteiger partial charge in [-0.2, -0.15) is 0 Å². The van der Waals surface area contributed by atoms with E-state index in [9.17, 15) is 14.0 Å². The lowest BCUT2D eigenvalue weighted by Gasteiger charge is -2.34. The van der Waals surface area contributed by atoms with Gasteiger partial charge < -0.3 is 26.8 Å². The normalized spacial score (nSPS) is 20.2. The third kappa shape index (κ3) is 6.98. The Hall–Kier alpha value is -3.01. The van der Waals surface area contributed by atoms with E-state index in [1.54, 1.807) is 4.90 Å². The van der Waals surface area contributed by atoms with Crippen LogP contribution >= 0.6 is 0 Å². The number of rotatable bonds is 8. The maximum atomic E-state index is 13.1. The first-order valence-electron chi connectivity index (χ1n) is 11.4. The monoisotopic (exact) mass is 460 g/mol. The Labute approximate surface area is 193 Å². The van der Waals surface area contributed by atoms with Gasteiger partial charge in [0.25, 0.3) is 0 Å². The van der Waals surface area contributed by atoms with Crippen molar-refractivity contribution in [3.8, 4) is 0 Å². The molecule has 1 saturated heterocycles. The molecular weight excluding hydrogens is 427 g/mol. The van der Waals surface area contributed by atoms with Gasteiger partial charge in [0.1, 0.15) is 23.7 Å². The number of carbonyl (C=O) groups excluding carboxylic acids is 2. The number of likely N-dealkylation sites (tertiary alicyclic amines) is 1. The molecule has 10 heteroatoms. The summed E-state index contributed by atoms with van der Waals surface area (Å²) in [6, 6.07) is 5.16. The van der Waals surface area contributed by atoms with Crippen molar-refractivity contribution in [3.63, 3.8) is 0 Å². The molecule has 2 unspecified atom stereocenters. The zero-order chi connectivity index (χ0) is 23.8. The van der Waals surface area contributed by atoms with Crippen molar-refractivity contribution in [1.29, 1.82) is 0 Å². The number of ether oxygens (including phenoxy) is 1. The van der Waals surface area contributed by atoms with E-state index in [-0.39, 0.29) is 36.5 Å². The van der Waals surface area contributed by atoms with Crippen LogP contribution in [0.5, 0.6) is 0 Å². The molecule has 1 aromatic rings. The van der Waals surface area contributed by atoms with Gasteiger partial charge in [-0.25, -0.2) is 14.2 Å². The standard InChI is InChI=1S/C23H33FN6O3/c24-16-5-7-17(8-6-16)29-21(26)19(22(27)31)14-28-20(13-25)15-9-11-30(12-10-15)23(32)33-18-3-1-2-4-18/h5-8,14-15,18-20H,1-4,9-13,25H2,(H2,26,29)(H2,27,31). The molecule has 2 aliphatic rings. The lowest BCUT2D eigenvalue weighted by Crippen LogP contribution is -2.43. The third-order valence-electron chi connectivity index (χ3n) is 6.29. The van der Waals surface area contributed by atoms with E-state index in [2.05, 4.69) is 9.98 Å². The number of hydrogen-bond donors (Lipinski definition) is 3. The van der Waals surface area contributed by atoms with Crippen molar-refractivity contribution < 1.29 is 18.7 Å². The fourth-order valence-electron chi connectivity index (χ4n) is 4.29. The topological polar surface area (TPSA) is 149 Å². The number of amides is 2. The summed E-state index contributed by atoms with van der Waals surface area (Å²) in [6.07, 6.45) is 6.78. The molecule has 0 bridgehead atoms. The van der Waals surface area contributed by atoms with Gasteiger partial charge in [0.05, 0.1) is 11.7 Å². The van der Waals surface area contributed by atoms with E-state index < -0.39 is 17.6 Å². The molecule has 180 valence electrons. The Bertz CT molecular complexity index is 861. The number of piperidine rings is 1. The summed E-state index contributed by atoms with van der Waals surface area (Å²) in [5.74, 6) is -1.97. The number of halogens is 1. The van der Waals surface area contributed by atoms with E-state index in [1.807, 2.05) is 0 Å². The molecule has 2 atom stereocenters. The lowest BCUT2D eigenvalue weighted by molar-refractivity contribution is -0.118. The second-order valence-electron chi connectivity index (χ2n) is 8.61. The Morgan fingerprint density at radius 2 is 1.76 bits per heavy atom. The van der Waals surface area contributed by atoms with Crippen LogP contribution in [-0.2, 0) is 9.53 Å². The van der Waals surface area contributed by atoms with Crippen molar-refractivity contribution in [3.05, 3.63) is 30.1 Å². The molecule has 1 aromatic carbocycles. The van der Waals surface area contributed by atoms with Gasteiger partial charge in [-0.3, -0.25) is 9.79 Å². The van der Waals surface area contributed by atoms with Crippen LogP contribution in [0.2, 0.25) is 0 Å². The molecule has 2 fully saturated rings. The van der Waals surface area contributed by atoms with Gasteiger partial charge in [-0.1, -0.05) is 0 Å². The number of primary amides is 1. The highest BCUT2D eigenvalue weighted by molar-refractivity contribution is 6.14. The molecule has 1 heterocycles. The van der Waals surface area contributed by atoms with Crippen LogP contribution in [0.1, 0.15) is 38.5 Å². The second-order valence-corrected chi connectivity index (χ2v) is 8.61. The number of nitrogens with two attached hydrogens (primary N) is 3.